The van der Waals surface area contributed by atoms with Crippen LogP contribution >= 0.6 is 23.2 Å². The molecule has 0 heterocycles. The first-order valence-electron chi connectivity index (χ1n) is 5.64. The summed E-state index contributed by atoms with van der Waals surface area (Å²) >= 11 is 11.0. The average molecular weight is 268 g/mol. The zero-order valence-corrected chi connectivity index (χ0v) is 11.3. The van der Waals surface area contributed by atoms with Crippen LogP contribution in [0.3, 0.4) is 0 Å². The summed E-state index contributed by atoms with van der Waals surface area (Å²) in [6.45, 7) is 0.938. The number of carbonyl (C=O) groups excluding carboxylic acids is 1. The third-order valence-electron chi connectivity index (χ3n) is 2.88. The van der Waals surface area contributed by atoms with Gasteiger partial charge in [0.1, 0.15) is 6.10 Å². The fraction of sp³-hybridized carbons (Fsp3) is 0.909. The van der Waals surface area contributed by atoms with E-state index in [-0.39, 0.29) is 6.10 Å². The van der Waals surface area contributed by atoms with Crippen molar-refractivity contribution >= 4 is 29.2 Å². The average Bonchev–Trinajstić information content (AvgIpc) is 2.20. The fourth-order valence-electron chi connectivity index (χ4n) is 2.21. The van der Waals surface area contributed by atoms with Crippen LogP contribution in [0.4, 0.5) is 0 Å². The molecule has 3 nitrogen and oxygen atoms in total. The van der Waals surface area contributed by atoms with Crippen molar-refractivity contribution in [3.05, 3.63) is 0 Å². The Labute approximate surface area is 107 Å². The second-order valence-electron chi connectivity index (χ2n) is 4.58. The Balaban J connectivity index is 2.49. The van der Waals surface area contributed by atoms with Crippen LogP contribution in [0, 0.1) is 5.92 Å². The molecule has 1 rings (SSSR count). The Morgan fingerprint density at radius 2 is 2.00 bits per heavy atom. The molecule has 0 aromatic rings. The summed E-state index contributed by atoms with van der Waals surface area (Å²) in [4.78, 5) is 12.4. The molecule has 5 heteroatoms. The number of ether oxygens (including phenoxy) is 1. The Kier molecular flexibility index (Phi) is 5.87. The minimum atomic E-state index is -1.07. The molecule has 16 heavy (non-hydrogen) atoms. The number of hydrogen-bond acceptors (Lipinski definition) is 3. The topological polar surface area (TPSA) is 29.5 Å². The van der Waals surface area contributed by atoms with Crippen molar-refractivity contribution in [2.24, 2.45) is 5.92 Å². The van der Waals surface area contributed by atoms with Gasteiger partial charge in [-0.1, -0.05) is 29.6 Å². The number of carbonyl (C=O) groups is 1. The lowest BCUT2D eigenvalue weighted by molar-refractivity contribution is -0.151. The van der Waals surface area contributed by atoms with Gasteiger partial charge in [-0.3, -0.25) is 0 Å². The van der Waals surface area contributed by atoms with Crippen LogP contribution in [0.2, 0.25) is 0 Å². The zero-order chi connectivity index (χ0) is 12.1. The van der Waals surface area contributed by atoms with Crippen LogP contribution in [-0.2, 0) is 9.53 Å². The third kappa shape index (κ3) is 4.48. The molecule has 94 valence electrons. The summed E-state index contributed by atoms with van der Waals surface area (Å²) in [7, 11) is 4.05. The molecular formula is C11H19Cl2NO2. The summed E-state index contributed by atoms with van der Waals surface area (Å²) in [5.41, 5.74) is 0. The lowest BCUT2D eigenvalue weighted by atomic mass is 9.86. The van der Waals surface area contributed by atoms with Gasteiger partial charge in [0.15, 0.2) is 0 Å². The second-order valence-corrected chi connectivity index (χ2v) is 5.68. The predicted octanol–water partition coefficient (Wildman–Crippen LogP) is 2.45. The van der Waals surface area contributed by atoms with Gasteiger partial charge < -0.3 is 9.64 Å². The van der Waals surface area contributed by atoms with Gasteiger partial charge in [-0.2, -0.15) is 0 Å². The highest BCUT2D eigenvalue weighted by Crippen LogP contribution is 2.28. The summed E-state index contributed by atoms with van der Waals surface area (Å²) < 4.78 is 5.34. The zero-order valence-electron chi connectivity index (χ0n) is 9.79. The number of hydrogen-bond donors (Lipinski definition) is 0. The Bertz CT molecular complexity index is 234. The Morgan fingerprint density at radius 3 is 2.56 bits per heavy atom. The van der Waals surface area contributed by atoms with E-state index in [9.17, 15) is 4.79 Å². The third-order valence-corrected chi connectivity index (χ3v) is 3.24. The maximum atomic E-state index is 11.3. The van der Waals surface area contributed by atoms with Crippen LogP contribution < -0.4 is 0 Å². The molecule has 1 aliphatic carbocycles. The van der Waals surface area contributed by atoms with Crippen LogP contribution in [0.1, 0.15) is 25.7 Å². The standard InChI is InChI=1S/C11H19Cl2NO2/c1-14(2)7-8-5-3-4-6-9(8)16-11(15)10(12)13/h8-10H,3-7H2,1-2H3. The van der Waals surface area contributed by atoms with E-state index < -0.39 is 10.8 Å². The van der Waals surface area contributed by atoms with Crippen molar-refractivity contribution in [2.75, 3.05) is 20.6 Å². The van der Waals surface area contributed by atoms with Crippen LogP contribution in [0.5, 0.6) is 0 Å². The molecule has 0 bridgehead atoms. The van der Waals surface area contributed by atoms with Crippen LogP contribution in [0.25, 0.3) is 0 Å². The van der Waals surface area contributed by atoms with Gasteiger partial charge in [-0.05, 0) is 33.4 Å². The minimum absolute atomic E-state index is 0.0244. The Hall–Kier alpha value is 0.01000. The van der Waals surface area contributed by atoms with E-state index in [1.807, 2.05) is 14.1 Å². The molecule has 0 aliphatic heterocycles. The number of halogens is 2. The molecule has 0 amide bonds. The van der Waals surface area contributed by atoms with E-state index in [1.54, 1.807) is 0 Å². The van der Waals surface area contributed by atoms with E-state index in [0.717, 1.165) is 25.8 Å². The smallest absolute Gasteiger partial charge is 0.339 e. The molecule has 0 saturated heterocycles. The predicted molar refractivity (Wildman–Crippen MR) is 65.9 cm³/mol. The lowest BCUT2D eigenvalue weighted by Crippen LogP contribution is -2.37. The summed E-state index contributed by atoms with van der Waals surface area (Å²) in [5.74, 6) is -0.112. The molecule has 0 aromatic carbocycles. The molecule has 1 saturated carbocycles. The number of esters is 1. The quantitative estimate of drug-likeness (QED) is 0.579. The molecule has 0 spiro atoms. The number of alkyl halides is 2. The molecule has 1 aliphatic rings. The van der Waals surface area contributed by atoms with Crippen molar-refractivity contribution in [3.63, 3.8) is 0 Å². The normalized spacial score (nSPS) is 26.1. The fourth-order valence-corrected chi connectivity index (χ4v) is 2.31. The molecule has 2 unspecified atom stereocenters. The highest BCUT2D eigenvalue weighted by molar-refractivity contribution is 6.52. The van der Waals surface area contributed by atoms with E-state index in [2.05, 4.69) is 4.90 Å². The van der Waals surface area contributed by atoms with Gasteiger partial charge in [-0.25, -0.2) is 4.79 Å². The summed E-state index contributed by atoms with van der Waals surface area (Å²) in [6.07, 6.45) is 4.31. The van der Waals surface area contributed by atoms with Crippen molar-refractivity contribution in [2.45, 2.75) is 36.6 Å². The van der Waals surface area contributed by atoms with Gasteiger partial charge in [0.2, 0.25) is 4.84 Å². The highest BCUT2D eigenvalue weighted by atomic mass is 35.5. The SMILES string of the molecule is CN(C)CC1CCCCC1OC(=O)C(Cl)Cl. The number of rotatable bonds is 4. The molecular weight excluding hydrogens is 249 g/mol. The Morgan fingerprint density at radius 1 is 1.38 bits per heavy atom. The van der Waals surface area contributed by atoms with Crippen LogP contribution in [0.15, 0.2) is 0 Å². The second kappa shape index (κ2) is 6.67. The molecule has 0 aromatic heterocycles. The molecule has 0 radical (unpaired) electrons. The van der Waals surface area contributed by atoms with Gasteiger partial charge in [0.05, 0.1) is 0 Å². The van der Waals surface area contributed by atoms with Gasteiger partial charge in [0, 0.05) is 12.5 Å². The van der Waals surface area contributed by atoms with E-state index in [0.29, 0.717) is 5.92 Å². The number of nitrogens with zero attached hydrogens (tertiary/aromatic N) is 1. The van der Waals surface area contributed by atoms with Gasteiger partial charge >= 0.3 is 5.97 Å². The van der Waals surface area contributed by atoms with E-state index >= 15 is 0 Å². The summed E-state index contributed by atoms with van der Waals surface area (Å²) in [6, 6.07) is 0. The molecule has 2 atom stereocenters. The van der Waals surface area contributed by atoms with Gasteiger partial charge in [0.25, 0.3) is 0 Å². The van der Waals surface area contributed by atoms with Crippen LogP contribution in [-0.4, -0.2) is 42.4 Å². The monoisotopic (exact) mass is 267 g/mol. The van der Waals surface area contributed by atoms with E-state index in [4.69, 9.17) is 27.9 Å². The maximum Gasteiger partial charge on any atom is 0.339 e. The van der Waals surface area contributed by atoms with Gasteiger partial charge in [-0.15, -0.1) is 0 Å². The largest absolute Gasteiger partial charge is 0.460 e. The first kappa shape index (κ1) is 14.1. The lowest BCUT2D eigenvalue weighted by Gasteiger charge is -2.33. The first-order chi connectivity index (χ1) is 7.50. The van der Waals surface area contributed by atoms with Crippen molar-refractivity contribution < 1.29 is 9.53 Å². The highest BCUT2D eigenvalue weighted by Gasteiger charge is 2.30. The van der Waals surface area contributed by atoms with E-state index in [1.165, 1.54) is 6.42 Å². The van der Waals surface area contributed by atoms with Crippen molar-refractivity contribution in [1.29, 1.82) is 0 Å². The summed E-state index contributed by atoms with van der Waals surface area (Å²) in [5, 5.41) is 0. The molecule has 1 fully saturated rings. The minimum Gasteiger partial charge on any atom is -0.460 e. The van der Waals surface area contributed by atoms with Crippen molar-refractivity contribution in [3.8, 4) is 0 Å². The van der Waals surface area contributed by atoms with Crippen molar-refractivity contribution in [1.82, 2.24) is 4.90 Å². The molecule has 0 N–H and O–H groups in total. The first-order valence-corrected chi connectivity index (χ1v) is 6.51. The maximum absolute atomic E-state index is 11.3.